The van der Waals surface area contributed by atoms with Crippen LogP contribution in [0.3, 0.4) is 0 Å². The Labute approximate surface area is 162 Å². The average molecular weight is 379 g/mol. The molecule has 0 atom stereocenters. The maximum atomic E-state index is 11.1. The summed E-state index contributed by atoms with van der Waals surface area (Å²) in [6.07, 6.45) is 4.39. The smallest absolute Gasteiger partial charge is 0.323 e. The highest BCUT2D eigenvalue weighted by molar-refractivity contribution is 6.02. The Balaban J connectivity index is 1.47. The van der Waals surface area contributed by atoms with Gasteiger partial charge in [0.15, 0.2) is 6.61 Å². The van der Waals surface area contributed by atoms with Crippen LogP contribution in [0.1, 0.15) is 35.5 Å². The number of aryl methyl sites for hydroxylation is 1. The minimum Gasteiger partial charge on any atom is -0.480 e. The number of oxime groups is 1. The molecule has 0 amide bonds. The van der Waals surface area contributed by atoms with E-state index in [0.29, 0.717) is 5.69 Å². The van der Waals surface area contributed by atoms with E-state index in [1.54, 1.807) is 4.68 Å². The van der Waals surface area contributed by atoms with Gasteiger partial charge in [-0.25, -0.2) is 4.68 Å². The highest BCUT2D eigenvalue weighted by atomic mass is 16.6. The normalized spacial score (nSPS) is 14.8. The SMILES string of the molecule is Cc1cc2c(n1CC(=O)O)CCCC2=NOCc1cn(-c2ccccc2)nn1. The van der Waals surface area contributed by atoms with Crippen LogP contribution in [0.2, 0.25) is 0 Å². The molecule has 4 rings (SSSR count). The number of benzene rings is 1. The molecule has 2 heterocycles. The molecule has 1 aromatic carbocycles. The fourth-order valence-corrected chi connectivity index (χ4v) is 3.50. The number of aliphatic carboxylic acids is 1. The van der Waals surface area contributed by atoms with Crippen LogP contribution in [0.15, 0.2) is 47.8 Å². The zero-order valence-electron chi connectivity index (χ0n) is 15.6. The lowest BCUT2D eigenvalue weighted by Gasteiger charge is -2.16. The first-order valence-electron chi connectivity index (χ1n) is 9.18. The Bertz CT molecular complexity index is 1020. The number of nitrogens with zero attached hydrogens (tertiary/aromatic N) is 5. The number of para-hydroxylation sites is 1. The molecule has 8 heteroatoms. The second-order valence-electron chi connectivity index (χ2n) is 6.78. The summed E-state index contributed by atoms with van der Waals surface area (Å²) in [6.45, 7) is 2.11. The summed E-state index contributed by atoms with van der Waals surface area (Å²) in [5.41, 5.74) is 5.39. The molecule has 0 spiro atoms. The molecule has 3 aromatic rings. The molecule has 0 saturated heterocycles. The van der Waals surface area contributed by atoms with Crippen LogP contribution < -0.4 is 0 Å². The Hall–Kier alpha value is -3.42. The third-order valence-electron chi connectivity index (χ3n) is 4.80. The van der Waals surface area contributed by atoms with Gasteiger partial charge in [0.25, 0.3) is 0 Å². The molecular formula is C20H21N5O3. The van der Waals surface area contributed by atoms with Crippen LogP contribution in [0.25, 0.3) is 5.69 Å². The van der Waals surface area contributed by atoms with Gasteiger partial charge in [-0.3, -0.25) is 4.79 Å². The Morgan fingerprint density at radius 1 is 1.29 bits per heavy atom. The van der Waals surface area contributed by atoms with Crippen molar-refractivity contribution < 1.29 is 14.7 Å². The zero-order valence-corrected chi connectivity index (χ0v) is 15.6. The van der Waals surface area contributed by atoms with E-state index in [9.17, 15) is 4.79 Å². The van der Waals surface area contributed by atoms with E-state index in [2.05, 4.69) is 15.5 Å². The number of fused-ring (bicyclic) bond motifs is 1. The minimum atomic E-state index is -0.844. The second-order valence-corrected chi connectivity index (χ2v) is 6.78. The van der Waals surface area contributed by atoms with Crippen molar-refractivity contribution in [2.45, 2.75) is 39.3 Å². The van der Waals surface area contributed by atoms with Crippen molar-refractivity contribution in [3.05, 3.63) is 65.2 Å². The minimum absolute atomic E-state index is 0.0299. The van der Waals surface area contributed by atoms with E-state index < -0.39 is 5.97 Å². The van der Waals surface area contributed by atoms with E-state index in [4.69, 9.17) is 9.94 Å². The summed E-state index contributed by atoms with van der Waals surface area (Å²) in [4.78, 5) is 16.7. The van der Waals surface area contributed by atoms with E-state index in [-0.39, 0.29) is 13.2 Å². The van der Waals surface area contributed by atoms with Crippen molar-refractivity contribution in [2.75, 3.05) is 0 Å². The summed E-state index contributed by atoms with van der Waals surface area (Å²) < 4.78 is 3.54. The molecule has 0 aliphatic heterocycles. The van der Waals surface area contributed by atoms with Gasteiger partial charge in [-0.15, -0.1) is 5.10 Å². The van der Waals surface area contributed by atoms with Gasteiger partial charge in [0.1, 0.15) is 12.2 Å². The highest BCUT2D eigenvalue weighted by Crippen LogP contribution is 2.26. The van der Waals surface area contributed by atoms with Crippen LogP contribution in [0.5, 0.6) is 0 Å². The molecule has 1 N–H and O–H groups in total. The largest absolute Gasteiger partial charge is 0.480 e. The number of rotatable bonds is 6. The fourth-order valence-electron chi connectivity index (χ4n) is 3.50. The number of hydrogen-bond acceptors (Lipinski definition) is 5. The lowest BCUT2D eigenvalue weighted by atomic mass is 9.96. The van der Waals surface area contributed by atoms with Gasteiger partial charge in [-0.2, -0.15) is 0 Å². The van der Waals surface area contributed by atoms with Crippen molar-refractivity contribution in [2.24, 2.45) is 5.16 Å². The first kappa shape index (κ1) is 18.0. The molecule has 0 saturated carbocycles. The maximum absolute atomic E-state index is 11.1. The zero-order chi connectivity index (χ0) is 19.5. The first-order valence-corrected chi connectivity index (χ1v) is 9.18. The summed E-state index contributed by atoms with van der Waals surface area (Å²) >= 11 is 0. The Morgan fingerprint density at radius 2 is 2.11 bits per heavy atom. The monoisotopic (exact) mass is 379 g/mol. The topological polar surface area (TPSA) is 94.5 Å². The third-order valence-corrected chi connectivity index (χ3v) is 4.80. The quantitative estimate of drug-likeness (QED) is 0.665. The number of carboxylic acids is 1. The molecule has 8 nitrogen and oxygen atoms in total. The van der Waals surface area contributed by atoms with Crippen molar-refractivity contribution in [3.63, 3.8) is 0 Å². The van der Waals surface area contributed by atoms with Crippen LogP contribution in [0, 0.1) is 6.92 Å². The van der Waals surface area contributed by atoms with Gasteiger partial charge in [-0.05, 0) is 44.4 Å². The van der Waals surface area contributed by atoms with Gasteiger partial charge >= 0.3 is 5.97 Å². The standard InChI is InChI=1S/C20H21N5O3/c1-14-10-17-18(8-5-9-19(17)24(14)12-20(26)27)22-28-13-15-11-25(23-21-15)16-6-3-2-4-7-16/h2-4,6-7,10-11H,5,8-9,12-13H2,1H3,(H,26,27). The van der Waals surface area contributed by atoms with Gasteiger partial charge in [0.05, 0.1) is 17.6 Å². The molecule has 0 unspecified atom stereocenters. The number of carboxylic acid groups (broad SMARTS) is 1. The van der Waals surface area contributed by atoms with Crippen LogP contribution in [-0.2, 0) is 29.2 Å². The first-order chi connectivity index (χ1) is 13.6. The molecule has 0 fully saturated rings. The highest BCUT2D eigenvalue weighted by Gasteiger charge is 2.22. The van der Waals surface area contributed by atoms with Crippen LogP contribution >= 0.6 is 0 Å². The van der Waals surface area contributed by atoms with Crippen molar-refractivity contribution >= 4 is 11.7 Å². The lowest BCUT2D eigenvalue weighted by Crippen LogP contribution is -2.18. The lowest BCUT2D eigenvalue weighted by molar-refractivity contribution is -0.137. The molecule has 1 aliphatic rings. The summed E-state index contributed by atoms with van der Waals surface area (Å²) in [7, 11) is 0. The number of aromatic nitrogens is 4. The van der Waals surface area contributed by atoms with Crippen molar-refractivity contribution in [3.8, 4) is 5.69 Å². The van der Waals surface area contributed by atoms with Gasteiger partial charge in [-0.1, -0.05) is 28.6 Å². The van der Waals surface area contributed by atoms with Gasteiger partial charge < -0.3 is 14.5 Å². The van der Waals surface area contributed by atoms with E-state index >= 15 is 0 Å². The maximum Gasteiger partial charge on any atom is 0.323 e. The van der Waals surface area contributed by atoms with Gasteiger partial charge in [0.2, 0.25) is 0 Å². The van der Waals surface area contributed by atoms with Crippen molar-refractivity contribution in [1.82, 2.24) is 19.6 Å². The summed E-state index contributed by atoms with van der Waals surface area (Å²) in [5, 5.41) is 21.7. The fraction of sp³-hybridized carbons (Fsp3) is 0.300. The van der Waals surface area contributed by atoms with Crippen LogP contribution in [0.4, 0.5) is 0 Å². The Kier molecular flexibility index (Phi) is 4.92. The number of hydrogen-bond donors (Lipinski definition) is 1. The molecule has 0 bridgehead atoms. The average Bonchev–Trinajstić information content (AvgIpc) is 3.28. The van der Waals surface area contributed by atoms with Crippen molar-refractivity contribution in [1.29, 1.82) is 0 Å². The Morgan fingerprint density at radius 3 is 2.89 bits per heavy atom. The predicted octanol–water partition coefficient (Wildman–Crippen LogP) is 2.72. The summed E-state index contributed by atoms with van der Waals surface area (Å²) in [5.74, 6) is -0.844. The van der Waals surface area contributed by atoms with E-state index in [1.165, 1.54) is 0 Å². The molecule has 2 aromatic heterocycles. The molecule has 28 heavy (non-hydrogen) atoms. The second kappa shape index (κ2) is 7.67. The van der Waals surface area contributed by atoms with E-state index in [0.717, 1.165) is 47.6 Å². The molecule has 144 valence electrons. The molecule has 0 radical (unpaired) electrons. The van der Waals surface area contributed by atoms with Crippen LogP contribution in [-0.4, -0.2) is 36.3 Å². The number of carbonyl (C=O) groups is 1. The molecule has 1 aliphatic carbocycles. The predicted molar refractivity (Wildman–Crippen MR) is 102 cm³/mol. The van der Waals surface area contributed by atoms with Gasteiger partial charge in [0, 0.05) is 17.0 Å². The molecular weight excluding hydrogens is 358 g/mol. The summed E-state index contributed by atoms with van der Waals surface area (Å²) in [6, 6.07) is 11.7. The third kappa shape index (κ3) is 3.66. The van der Waals surface area contributed by atoms with E-state index in [1.807, 2.05) is 54.1 Å².